The van der Waals surface area contributed by atoms with Crippen LogP contribution in [0.2, 0.25) is 0 Å². The number of hydrogen-bond acceptors (Lipinski definition) is 6. The molecular formula is C22H21N3O3. The van der Waals surface area contributed by atoms with E-state index in [9.17, 15) is 5.11 Å². The Morgan fingerprint density at radius 3 is 2.89 bits per heavy atom. The number of fused-ring (bicyclic) bond motifs is 1. The number of aliphatic hydroxyl groups excluding tert-OH is 1. The summed E-state index contributed by atoms with van der Waals surface area (Å²) in [5.74, 6) is 1.96. The molecule has 0 spiro atoms. The summed E-state index contributed by atoms with van der Waals surface area (Å²) in [6.07, 6.45) is 0.138. The van der Waals surface area contributed by atoms with E-state index in [1.165, 1.54) is 0 Å². The number of rotatable bonds is 4. The number of nitrogens with zero attached hydrogens (tertiary/aromatic N) is 3. The Hall–Kier alpha value is -2.96. The number of likely N-dealkylation sites (tertiary alicyclic amines) is 1. The zero-order valence-electron chi connectivity index (χ0n) is 15.6. The largest absolute Gasteiger partial charge is 0.460 e. The molecule has 6 nitrogen and oxygen atoms in total. The van der Waals surface area contributed by atoms with Gasteiger partial charge >= 0.3 is 0 Å². The summed E-state index contributed by atoms with van der Waals surface area (Å²) < 4.78 is 11.5. The fourth-order valence-electron chi connectivity index (χ4n) is 3.90. The van der Waals surface area contributed by atoms with Crippen LogP contribution in [-0.2, 0) is 6.54 Å². The average molecular weight is 375 g/mol. The standard InChI is InChI=1S/C22H21N3O3/c1-14-5-4-7-16(9-14)21-23-22(28-24-21)19-11-17(26)12-25(19)13-18-10-15-6-2-3-8-20(15)27-18/h2-10,17,19,26H,11-13H2,1H3/t17-,19+/m1/s1. The number of para-hydroxylation sites is 1. The van der Waals surface area contributed by atoms with Gasteiger partial charge < -0.3 is 14.0 Å². The molecule has 0 aliphatic carbocycles. The molecule has 0 saturated carbocycles. The first-order valence-corrected chi connectivity index (χ1v) is 9.46. The Kier molecular flexibility index (Phi) is 4.22. The molecule has 2 atom stereocenters. The van der Waals surface area contributed by atoms with Crippen LogP contribution < -0.4 is 0 Å². The number of hydrogen-bond donors (Lipinski definition) is 1. The van der Waals surface area contributed by atoms with Gasteiger partial charge in [-0.3, -0.25) is 4.90 Å². The number of aryl methyl sites for hydroxylation is 1. The van der Waals surface area contributed by atoms with Gasteiger partial charge in [0, 0.05) is 17.5 Å². The van der Waals surface area contributed by atoms with Gasteiger partial charge in [0.25, 0.3) is 0 Å². The van der Waals surface area contributed by atoms with Gasteiger partial charge in [0.1, 0.15) is 11.3 Å². The third kappa shape index (κ3) is 3.21. The maximum Gasteiger partial charge on any atom is 0.244 e. The number of aliphatic hydroxyl groups is 1. The fourth-order valence-corrected chi connectivity index (χ4v) is 3.90. The molecule has 28 heavy (non-hydrogen) atoms. The van der Waals surface area contributed by atoms with Gasteiger partial charge in [0.05, 0.1) is 18.7 Å². The predicted molar refractivity (Wildman–Crippen MR) is 104 cm³/mol. The molecule has 0 unspecified atom stereocenters. The third-order valence-corrected chi connectivity index (χ3v) is 5.22. The summed E-state index contributed by atoms with van der Waals surface area (Å²) in [5, 5.41) is 15.5. The third-order valence-electron chi connectivity index (χ3n) is 5.22. The summed E-state index contributed by atoms with van der Waals surface area (Å²) in [6, 6.07) is 17.9. The molecule has 5 rings (SSSR count). The van der Waals surface area contributed by atoms with E-state index in [-0.39, 0.29) is 6.04 Å². The molecule has 142 valence electrons. The second kappa shape index (κ2) is 6.89. The van der Waals surface area contributed by atoms with Gasteiger partial charge in [0.15, 0.2) is 0 Å². The summed E-state index contributed by atoms with van der Waals surface area (Å²) in [7, 11) is 0. The number of furan rings is 1. The van der Waals surface area contributed by atoms with Crippen molar-refractivity contribution in [3.63, 3.8) is 0 Å². The molecule has 2 aromatic carbocycles. The van der Waals surface area contributed by atoms with Crippen LogP contribution in [0.5, 0.6) is 0 Å². The van der Waals surface area contributed by atoms with Crippen LogP contribution in [0.15, 0.2) is 63.5 Å². The maximum atomic E-state index is 10.2. The fraction of sp³-hybridized carbons (Fsp3) is 0.273. The second-order valence-corrected chi connectivity index (χ2v) is 7.41. The van der Waals surface area contributed by atoms with E-state index in [1.807, 2.05) is 61.5 Å². The normalized spacial score (nSPS) is 20.2. The van der Waals surface area contributed by atoms with Crippen molar-refractivity contribution in [1.82, 2.24) is 15.0 Å². The van der Waals surface area contributed by atoms with E-state index in [0.29, 0.717) is 31.2 Å². The molecule has 0 radical (unpaired) electrons. The lowest BCUT2D eigenvalue weighted by molar-refractivity contribution is 0.164. The van der Waals surface area contributed by atoms with E-state index < -0.39 is 6.10 Å². The van der Waals surface area contributed by atoms with Crippen LogP contribution in [0.1, 0.15) is 29.7 Å². The van der Waals surface area contributed by atoms with Crippen LogP contribution in [0, 0.1) is 6.92 Å². The van der Waals surface area contributed by atoms with Crippen molar-refractivity contribution in [3.05, 3.63) is 71.8 Å². The lowest BCUT2D eigenvalue weighted by Crippen LogP contribution is -2.24. The van der Waals surface area contributed by atoms with E-state index in [2.05, 4.69) is 15.0 Å². The smallest absolute Gasteiger partial charge is 0.244 e. The van der Waals surface area contributed by atoms with Gasteiger partial charge in [-0.25, -0.2) is 0 Å². The minimum atomic E-state index is -0.427. The Bertz CT molecular complexity index is 1080. The first-order valence-electron chi connectivity index (χ1n) is 9.46. The number of β-amino-alcohol motifs (C(OH)–C–C–N with tert-alkyl or cyclic N) is 1. The summed E-state index contributed by atoms with van der Waals surface area (Å²) in [5.41, 5.74) is 2.94. The molecule has 1 aliphatic heterocycles. The zero-order valence-corrected chi connectivity index (χ0v) is 15.6. The molecule has 1 N–H and O–H groups in total. The lowest BCUT2D eigenvalue weighted by Gasteiger charge is -2.19. The highest BCUT2D eigenvalue weighted by Gasteiger charge is 2.36. The van der Waals surface area contributed by atoms with Crippen molar-refractivity contribution >= 4 is 11.0 Å². The first kappa shape index (κ1) is 17.2. The van der Waals surface area contributed by atoms with Crippen molar-refractivity contribution in [2.45, 2.75) is 32.0 Å². The van der Waals surface area contributed by atoms with E-state index in [4.69, 9.17) is 8.94 Å². The van der Waals surface area contributed by atoms with Crippen molar-refractivity contribution in [3.8, 4) is 11.4 Å². The van der Waals surface area contributed by atoms with Crippen LogP contribution in [0.3, 0.4) is 0 Å². The molecule has 0 amide bonds. The number of aromatic nitrogens is 2. The molecule has 1 aliphatic rings. The van der Waals surface area contributed by atoms with Crippen LogP contribution in [0.4, 0.5) is 0 Å². The minimum absolute atomic E-state index is 0.130. The van der Waals surface area contributed by atoms with Crippen molar-refractivity contribution in [2.75, 3.05) is 6.54 Å². The van der Waals surface area contributed by atoms with Gasteiger partial charge in [0.2, 0.25) is 11.7 Å². The molecule has 3 heterocycles. The van der Waals surface area contributed by atoms with Gasteiger partial charge in [-0.05, 0) is 31.5 Å². The average Bonchev–Trinajstić information content (AvgIpc) is 3.39. The van der Waals surface area contributed by atoms with Gasteiger partial charge in [-0.1, -0.05) is 47.1 Å². The van der Waals surface area contributed by atoms with Crippen LogP contribution in [0.25, 0.3) is 22.4 Å². The highest BCUT2D eigenvalue weighted by atomic mass is 16.5. The zero-order chi connectivity index (χ0) is 19.1. The molecule has 1 fully saturated rings. The molecule has 1 saturated heterocycles. The van der Waals surface area contributed by atoms with Crippen LogP contribution >= 0.6 is 0 Å². The molecule has 6 heteroatoms. The second-order valence-electron chi connectivity index (χ2n) is 7.41. The maximum absolute atomic E-state index is 10.2. The Morgan fingerprint density at radius 1 is 1.14 bits per heavy atom. The molecular weight excluding hydrogens is 354 g/mol. The van der Waals surface area contributed by atoms with E-state index in [0.717, 1.165) is 27.9 Å². The number of benzene rings is 2. The summed E-state index contributed by atoms with van der Waals surface area (Å²) in [6.45, 7) is 3.16. The van der Waals surface area contributed by atoms with Crippen molar-refractivity contribution in [2.24, 2.45) is 0 Å². The Morgan fingerprint density at radius 2 is 2.04 bits per heavy atom. The summed E-state index contributed by atoms with van der Waals surface area (Å²) in [4.78, 5) is 6.75. The topological polar surface area (TPSA) is 75.5 Å². The van der Waals surface area contributed by atoms with E-state index in [1.54, 1.807) is 0 Å². The monoisotopic (exact) mass is 375 g/mol. The first-order chi connectivity index (χ1) is 13.7. The van der Waals surface area contributed by atoms with Gasteiger partial charge in [-0.15, -0.1) is 0 Å². The Balaban J connectivity index is 1.40. The Labute approximate surface area is 162 Å². The summed E-state index contributed by atoms with van der Waals surface area (Å²) >= 11 is 0. The molecule has 4 aromatic rings. The van der Waals surface area contributed by atoms with E-state index >= 15 is 0 Å². The lowest BCUT2D eigenvalue weighted by atomic mass is 10.1. The quantitative estimate of drug-likeness (QED) is 0.579. The van der Waals surface area contributed by atoms with Gasteiger partial charge in [-0.2, -0.15) is 4.98 Å². The molecule has 2 aromatic heterocycles. The van der Waals surface area contributed by atoms with Crippen molar-refractivity contribution in [1.29, 1.82) is 0 Å². The van der Waals surface area contributed by atoms with Crippen LogP contribution in [-0.4, -0.2) is 32.8 Å². The highest BCUT2D eigenvalue weighted by Crippen LogP contribution is 2.34. The molecule has 0 bridgehead atoms. The minimum Gasteiger partial charge on any atom is -0.460 e. The predicted octanol–water partition coefficient (Wildman–Crippen LogP) is 4.10. The SMILES string of the molecule is Cc1cccc(-c2noc([C@@H]3C[C@@H](O)CN3Cc3cc4ccccc4o3)n2)c1. The van der Waals surface area contributed by atoms with Crippen molar-refractivity contribution < 1.29 is 14.0 Å². The highest BCUT2D eigenvalue weighted by molar-refractivity contribution is 5.77.